The first kappa shape index (κ1) is 11.6. The lowest BCUT2D eigenvalue weighted by molar-refractivity contribution is 0.199. The van der Waals surface area contributed by atoms with Crippen molar-refractivity contribution in [3.63, 3.8) is 0 Å². The van der Waals surface area contributed by atoms with Crippen LogP contribution in [0.3, 0.4) is 0 Å². The molecule has 0 aliphatic carbocycles. The summed E-state index contributed by atoms with van der Waals surface area (Å²) in [5, 5.41) is 9.35. The minimum absolute atomic E-state index is 0.290. The van der Waals surface area contributed by atoms with E-state index in [4.69, 9.17) is 4.74 Å². The molecule has 2 nitrogen and oxygen atoms in total. The van der Waals surface area contributed by atoms with Crippen molar-refractivity contribution >= 4 is 0 Å². The van der Waals surface area contributed by atoms with E-state index in [1.54, 1.807) is 43.3 Å². The Morgan fingerprint density at radius 3 is 1.88 bits per heavy atom. The van der Waals surface area contributed by atoms with Gasteiger partial charge >= 0.3 is 0 Å². The summed E-state index contributed by atoms with van der Waals surface area (Å²) >= 11 is 0. The SMILES string of the molecule is C[C@@H](O)c1ccc(Oc2ccc(F)cc2)cc1. The average molecular weight is 232 g/mol. The number of halogens is 1. The first-order valence-electron chi connectivity index (χ1n) is 5.36. The third-order valence-electron chi connectivity index (χ3n) is 2.41. The molecule has 0 aromatic heterocycles. The molecule has 17 heavy (non-hydrogen) atoms. The maximum Gasteiger partial charge on any atom is 0.127 e. The number of aliphatic hydroxyl groups excluding tert-OH is 1. The highest BCUT2D eigenvalue weighted by Crippen LogP contribution is 2.23. The van der Waals surface area contributed by atoms with Gasteiger partial charge in [-0.3, -0.25) is 0 Å². The maximum absolute atomic E-state index is 12.7. The highest BCUT2D eigenvalue weighted by molar-refractivity contribution is 5.33. The quantitative estimate of drug-likeness (QED) is 0.874. The third kappa shape index (κ3) is 3.04. The van der Waals surface area contributed by atoms with E-state index in [-0.39, 0.29) is 5.82 Å². The summed E-state index contributed by atoms with van der Waals surface area (Å²) in [6, 6.07) is 13.0. The standard InChI is InChI=1S/C14H13FO2/c1-10(16)11-2-6-13(7-3-11)17-14-8-4-12(15)5-9-14/h2-10,16H,1H3/t10-/m1/s1. The highest BCUT2D eigenvalue weighted by atomic mass is 19.1. The van der Waals surface area contributed by atoms with Gasteiger partial charge in [0.05, 0.1) is 6.10 Å². The molecule has 1 N–H and O–H groups in total. The molecule has 0 amide bonds. The van der Waals surface area contributed by atoms with Crippen LogP contribution < -0.4 is 4.74 Å². The minimum atomic E-state index is -0.491. The predicted octanol–water partition coefficient (Wildman–Crippen LogP) is 3.67. The Morgan fingerprint density at radius 2 is 1.41 bits per heavy atom. The lowest BCUT2D eigenvalue weighted by Crippen LogP contribution is -1.90. The Balaban J connectivity index is 2.11. The van der Waals surface area contributed by atoms with Crippen LogP contribution in [-0.4, -0.2) is 5.11 Å². The van der Waals surface area contributed by atoms with E-state index in [0.29, 0.717) is 11.5 Å². The van der Waals surface area contributed by atoms with E-state index < -0.39 is 6.10 Å². The van der Waals surface area contributed by atoms with Gasteiger partial charge in [-0.2, -0.15) is 0 Å². The first-order chi connectivity index (χ1) is 8.15. The smallest absolute Gasteiger partial charge is 0.127 e. The maximum atomic E-state index is 12.7. The van der Waals surface area contributed by atoms with Gasteiger partial charge in [0.1, 0.15) is 17.3 Å². The van der Waals surface area contributed by atoms with Crippen molar-refractivity contribution in [3.8, 4) is 11.5 Å². The second kappa shape index (κ2) is 4.97. The van der Waals surface area contributed by atoms with E-state index in [1.807, 2.05) is 0 Å². The third-order valence-corrected chi connectivity index (χ3v) is 2.41. The lowest BCUT2D eigenvalue weighted by Gasteiger charge is -2.08. The van der Waals surface area contributed by atoms with Crippen molar-refractivity contribution in [1.82, 2.24) is 0 Å². The number of ether oxygens (including phenoxy) is 1. The van der Waals surface area contributed by atoms with Crippen molar-refractivity contribution in [3.05, 3.63) is 59.9 Å². The van der Waals surface area contributed by atoms with Crippen LogP contribution in [0, 0.1) is 5.82 Å². The summed E-state index contributed by atoms with van der Waals surface area (Å²) in [6.45, 7) is 1.70. The van der Waals surface area contributed by atoms with E-state index in [2.05, 4.69) is 0 Å². The number of benzene rings is 2. The molecular weight excluding hydrogens is 219 g/mol. The Hall–Kier alpha value is -1.87. The summed E-state index contributed by atoms with van der Waals surface area (Å²) in [4.78, 5) is 0. The molecule has 0 fully saturated rings. The molecule has 0 aliphatic rings. The van der Waals surface area contributed by atoms with Crippen LogP contribution in [0.15, 0.2) is 48.5 Å². The Kier molecular flexibility index (Phi) is 3.40. The average Bonchev–Trinajstić information content (AvgIpc) is 2.33. The van der Waals surface area contributed by atoms with Crippen LogP contribution in [-0.2, 0) is 0 Å². The first-order valence-corrected chi connectivity index (χ1v) is 5.36. The van der Waals surface area contributed by atoms with Gasteiger partial charge in [0.15, 0.2) is 0 Å². The van der Waals surface area contributed by atoms with Gasteiger partial charge in [0.2, 0.25) is 0 Å². The summed E-state index contributed by atoms with van der Waals surface area (Å²) in [7, 11) is 0. The molecular formula is C14H13FO2. The summed E-state index contributed by atoms with van der Waals surface area (Å²) in [5.41, 5.74) is 0.830. The highest BCUT2D eigenvalue weighted by Gasteiger charge is 2.01. The fraction of sp³-hybridized carbons (Fsp3) is 0.143. The normalized spacial score (nSPS) is 12.2. The Bertz CT molecular complexity index is 475. The zero-order valence-electron chi connectivity index (χ0n) is 9.43. The fourth-order valence-electron chi connectivity index (χ4n) is 1.45. The second-order valence-electron chi connectivity index (χ2n) is 3.80. The Labute approximate surface area is 99.3 Å². The number of aliphatic hydroxyl groups is 1. The van der Waals surface area contributed by atoms with E-state index >= 15 is 0 Å². The van der Waals surface area contributed by atoms with Crippen molar-refractivity contribution in [2.75, 3.05) is 0 Å². The van der Waals surface area contributed by atoms with Crippen LogP contribution >= 0.6 is 0 Å². The second-order valence-corrected chi connectivity index (χ2v) is 3.80. The van der Waals surface area contributed by atoms with Gasteiger partial charge in [-0.15, -0.1) is 0 Å². The molecule has 0 saturated heterocycles. The zero-order chi connectivity index (χ0) is 12.3. The fourth-order valence-corrected chi connectivity index (χ4v) is 1.45. The molecule has 0 heterocycles. The van der Waals surface area contributed by atoms with Gasteiger partial charge in [0.25, 0.3) is 0 Å². The van der Waals surface area contributed by atoms with Gasteiger partial charge < -0.3 is 9.84 Å². The van der Waals surface area contributed by atoms with E-state index in [0.717, 1.165) is 5.56 Å². The predicted molar refractivity (Wildman–Crippen MR) is 63.5 cm³/mol. The molecule has 0 spiro atoms. The van der Waals surface area contributed by atoms with E-state index in [1.165, 1.54) is 12.1 Å². The molecule has 2 aromatic carbocycles. The molecule has 0 unspecified atom stereocenters. The largest absolute Gasteiger partial charge is 0.457 e. The molecule has 2 rings (SSSR count). The van der Waals surface area contributed by atoms with Gasteiger partial charge in [0, 0.05) is 0 Å². The molecule has 2 aromatic rings. The number of hydrogen-bond acceptors (Lipinski definition) is 2. The lowest BCUT2D eigenvalue weighted by atomic mass is 10.1. The molecule has 3 heteroatoms. The molecule has 0 aliphatic heterocycles. The van der Waals surface area contributed by atoms with Crippen molar-refractivity contribution in [1.29, 1.82) is 0 Å². The van der Waals surface area contributed by atoms with Crippen LogP contribution in [0.2, 0.25) is 0 Å². The molecule has 0 radical (unpaired) electrons. The van der Waals surface area contributed by atoms with Gasteiger partial charge in [-0.05, 0) is 48.9 Å². The summed E-state index contributed by atoms with van der Waals surface area (Å²) in [6.07, 6.45) is -0.491. The van der Waals surface area contributed by atoms with E-state index in [9.17, 15) is 9.50 Å². The van der Waals surface area contributed by atoms with Gasteiger partial charge in [-0.25, -0.2) is 4.39 Å². The molecule has 88 valence electrons. The minimum Gasteiger partial charge on any atom is -0.457 e. The summed E-state index contributed by atoms with van der Waals surface area (Å²) in [5.74, 6) is 0.944. The van der Waals surface area contributed by atoms with Crippen LogP contribution in [0.1, 0.15) is 18.6 Å². The van der Waals surface area contributed by atoms with Crippen LogP contribution in [0.25, 0.3) is 0 Å². The van der Waals surface area contributed by atoms with Crippen LogP contribution in [0.5, 0.6) is 11.5 Å². The summed E-state index contributed by atoms with van der Waals surface area (Å²) < 4.78 is 18.2. The molecule has 0 bridgehead atoms. The molecule has 1 atom stereocenters. The monoisotopic (exact) mass is 232 g/mol. The van der Waals surface area contributed by atoms with Crippen molar-refractivity contribution < 1.29 is 14.2 Å². The topological polar surface area (TPSA) is 29.5 Å². The zero-order valence-corrected chi connectivity index (χ0v) is 9.43. The Morgan fingerprint density at radius 1 is 0.941 bits per heavy atom. The van der Waals surface area contributed by atoms with Crippen molar-refractivity contribution in [2.24, 2.45) is 0 Å². The van der Waals surface area contributed by atoms with Crippen LogP contribution in [0.4, 0.5) is 4.39 Å². The van der Waals surface area contributed by atoms with Gasteiger partial charge in [-0.1, -0.05) is 12.1 Å². The molecule has 0 saturated carbocycles. The number of rotatable bonds is 3. The van der Waals surface area contributed by atoms with Crippen molar-refractivity contribution in [2.45, 2.75) is 13.0 Å². The number of hydrogen-bond donors (Lipinski definition) is 1.